The normalized spacial score (nSPS) is 10.5. The highest BCUT2D eigenvalue weighted by molar-refractivity contribution is 5.94. The molecule has 0 aliphatic carbocycles. The molecule has 106 valence electrons. The van der Waals surface area contributed by atoms with Crippen molar-refractivity contribution in [3.8, 4) is 0 Å². The zero-order valence-corrected chi connectivity index (χ0v) is 10.8. The second-order valence-electron chi connectivity index (χ2n) is 4.07. The number of carboxylic acids is 1. The summed E-state index contributed by atoms with van der Waals surface area (Å²) in [6.07, 6.45) is 1.38. The molecule has 0 bridgehead atoms. The first-order valence-corrected chi connectivity index (χ1v) is 5.94. The lowest BCUT2D eigenvalue weighted by Gasteiger charge is -2.03. The maximum atomic E-state index is 11.0. The lowest BCUT2D eigenvalue weighted by atomic mass is 10.2. The van der Waals surface area contributed by atoms with Gasteiger partial charge in [-0.05, 0) is 12.1 Å². The number of carboxylic acid groups (broad SMARTS) is 1. The topological polar surface area (TPSA) is 105 Å². The van der Waals surface area contributed by atoms with E-state index in [0.717, 1.165) is 0 Å². The maximum Gasteiger partial charge on any atom is 0.337 e. The highest BCUT2D eigenvalue weighted by atomic mass is 16.6. The van der Waals surface area contributed by atoms with Gasteiger partial charge in [0.25, 0.3) is 5.69 Å². The first kappa shape index (κ1) is 14.2. The van der Waals surface area contributed by atoms with E-state index >= 15 is 0 Å². The number of carbonyl (C=O) groups is 1. The van der Waals surface area contributed by atoms with Crippen LogP contribution in [0, 0.1) is 10.1 Å². The van der Waals surface area contributed by atoms with Gasteiger partial charge in [0.1, 0.15) is 0 Å². The summed E-state index contributed by atoms with van der Waals surface area (Å²) in [5.41, 5.74) is 3.54. The van der Waals surface area contributed by atoms with E-state index in [1.165, 1.54) is 24.4 Å². The molecule has 0 saturated heterocycles. The predicted molar refractivity (Wildman–Crippen MR) is 77.7 cm³/mol. The fourth-order valence-electron chi connectivity index (χ4n) is 1.66. The van der Waals surface area contributed by atoms with E-state index in [0.29, 0.717) is 11.3 Å². The Hall–Kier alpha value is -3.22. The number of non-ortho nitro benzene ring substituents is 1. The number of aromatic carboxylic acids is 1. The lowest BCUT2D eigenvalue weighted by Crippen LogP contribution is -2.02. The van der Waals surface area contributed by atoms with Gasteiger partial charge in [-0.15, -0.1) is 0 Å². The monoisotopic (exact) mass is 285 g/mol. The van der Waals surface area contributed by atoms with Crippen molar-refractivity contribution >= 4 is 23.6 Å². The van der Waals surface area contributed by atoms with Crippen molar-refractivity contribution in [2.24, 2.45) is 5.10 Å². The fourth-order valence-corrected chi connectivity index (χ4v) is 1.66. The van der Waals surface area contributed by atoms with Crippen LogP contribution in [0.3, 0.4) is 0 Å². The van der Waals surface area contributed by atoms with Crippen LogP contribution < -0.4 is 5.43 Å². The van der Waals surface area contributed by atoms with Crippen LogP contribution in [-0.2, 0) is 0 Å². The van der Waals surface area contributed by atoms with E-state index in [1.807, 2.05) is 0 Å². The van der Waals surface area contributed by atoms with Gasteiger partial charge in [-0.2, -0.15) is 5.10 Å². The SMILES string of the molecule is O=C(O)c1ccccc1N/N=C/c1cccc([N+](=O)[O-])c1. The molecule has 7 heteroatoms. The summed E-state index contributed by atoms with van der Waals surface area (Å²) in [5.74, 6) is -1.07. The largest absolute Gasteiger partial charge is 0.478 e. The first-order chi connectivity index (χ1) is 10.1. The summed E-state index contributed by atoms with van der Waals surface area (Å²) in [6.45, 7) is 0. The molecule has 0 aromatic heterocycles. The Kier molecular flexibility index (Phi) is 4.25. The smallest absolute Gasteiger partial charge is 0.337 e. The Morgan fingerprint density at radius 3 is 2.71 bits per heavy atom. The zero-order chi connectivity index (χ0) is 15.2. The molecule has 21 heavy (non-hydrogen) atoms. The highest BCUT2D eigenvalue weighted by Gasteiger charge is 2.08. The number of hydrazone groups is 1. The van der Waals surface area contributed by atoms with Gasteiger partial charge in [-0.1, -0.05) is 24.3 Å². The number of hydrogen-bond donors (Lipinski definition) is 2. The van der Waals surface area contributed by atoms with Crippen molar-refractivity contribution < 1.29 is 14.8 Å². The maximum absolute atomic E-state index is 11.0. The third-order valence-electron chi connectivity index (χ3n) is 2.64. The number of hydrogen-bond acceptors (Lipinski definition) is 5. The average Bonchev–Trinajstić information content (AvgIpc) is 2.48. The fraction of sp³-hybridized carbons (Fsp3) is 0. The van der Waals surface area contributed by atoms with E-state index < -0.39 is 10.9 Å². The lowest BCUT2D eigenvalue weighted by molar-refractivity contribution is -0.384. The van der Waals surface area contributed by atoms with Crippen molar-refractivity contribution in [1.82, 2.24) is 0 Å². The predicted octanol–water partition coefficient (Wildman–Crippen LogP) is 2.74. The molecule has 2 aromatic rings. The number of nitro groups is 1. The molecule has 0 atom stereocenters. The Balaban J connectivity index is 2.15. The Labute approximate surface area is 119 Å². The van der Waals surface area contributed by atoms with Gasteiger partial charge >= 0.3 is 5.97 Å². The van der Waals surface area contributed by atoms with Crippen molar-refractivity contribution in [2.75, 3.05) is 5.43 Å². The highest BCUT2D eigenvalue weighted by Crippen LogP contribution is 2.15. The molecular weight excluding hydrogens is 274 g/mol. The first-order valence-electron chi connectivity index (χ1n) is 5.94. The second kappa shape index (κ2) is 6.29. The number of nitrogens with zero attached hydrogens (tertiary/aromatic N) is 2. The summed E-state index contributed by atoms with van der Waals surface area (Å²) >= 11 is 0. The Morgan fingerprint density at radius 2 is 2.00 bits per heavy atom. The molecule has 0 fully saturated rings. The summed E-state index contributed by atoms with van der Waals surface area (Å²) < 4.78 is 0. The summed E-state index contributed by atoms with van der Waals surface area (Å²) in [6, 6.07) is 12.3. The van der Waals surface area contributed by atoms with E-state index in [9.17, 15) is 14.9 Å². The van der Waals surface area contributed by atoms with Crippen LogP contribution in [0.25, 0.3) is 0 Å². The standard InChI is InChI=1S/C14H11N3O4/c18-14(19)12-6-1-2-7-13(12)16-15-9-10-4-3-5-11(8-10)17(20)21/h1-9,16H,(H,18,19)/b15-9+. The molecule has 0 saturated carbocycles. The van der Waals surface area contributed by atoms with Crippen LogP contribution in [0.5, 0.6) is 0 Å². The number of nitrogens with one attached hydrogen (secondary N) is 1. The quantitative estimate of drug-likeness (QED) is 0.499. The molecule has 0 spiro atoms. The molecular formula is C14H11N3O4. The van der Waals surface area contributed by atoms with Crippen molar-refractivity contribution in [3.63, 3.8) is 0 Å². The third-order valence-corrected chi connectivity index (χ3v) is 2.64. The van der Waals surface area contributed by atoms with Crippen molar-refractivity contribution in [1.29, 1.82) is 0 Å². The third kappa shape index (κ3) is 3.63. The van der Waals surface area contributed by atoms with Gasteiger partial charge in [0.15, 0.2) is 0 Å². The van der Waals surface area contributed by atoms with E-state index in [2.05, 4.69) is 10.5 Å². The summed E-state index contributed by atoms with van der Waals surface area (Å²) in [5, 5.41) is 23.6. The number of rotatable bonds is 5. The average molecular weight is 285 g/mol. The molecule has 2 aromatic carbocycles. The van der Waals surface area contributed by atoms with Gasteiger partial charge in [0.05, 0.1) is 22.4 Å². The van der Waals surface area contributed by atoms with Crippen molar-refractivity contribution in [3.05, 3.63) is 69.8 Å². The van der Waals surface area contributed by atoms with Gasteiger partial charge in [-0.25, -0.2) is 4.79 Å². The van der Waals surface area contributed by atoms with Crippen LogP contribution in [-0.4, -0.2) is 22.2 Å². The minimum atomic E-state index is -1.07. The van der Waals surface area contributed by atoms with E-state index in [4.69, 9.17) is 5.11 Å². The van der Waals surface area contributed by atoms with Gasteiger partial charge in [0.2, 0.25) is 0 Å². The second-order valence-corrected chi connectivity index (χ2v) is 4.07. The van der Waals surface area contributed by atoms with Crippen LogP contribution in [0.4, 0.5) is 11.4 Å². The molecule has 0 radical (unpaired) electrons. The molecule has 0 amide bonds. The molecule has 0 heterocycles. The van der Waals surface area contributed by atoms with E-state index in [1.54, 1.807) is 30.3 Å². The molecule has 0 aliphatic heterocycles. The summed E-state index contributed by atoms with van der Waals surface area (Å²) in [4.78, 5) is 21.2. The van der Waals surface area contributed by atoms with Gasteiger partial charge in [-0.3, -0.25) is 15.5 Å². The number of para-hydroxylation sites is 1. The molecule has 0 unspecified atom stereocenters. The zero-order valence-electron chi connectivity index (χ0n) is 10.8. The Morgan fingerprint density at radius 1 is 1.24 bits per heavy atom. The number of anilines is 1. The van der Waals surface area contributed by atoms with Crippen LogP contribution in [0.1, 0.15) is 15.9 Å². The van der Waals surface area contributed by atoms with Crippen molar-refractivity contribution in [2.45, 2.75) is 0 Å². The minimum Gasteiger partial charge on any atom is -0.478 e. The minimum absolute atomic E-state index is 0.0371. The molecule has 2 rings (SSSR count). The van der Waals surface area contributed by atoms with Crippen LogP contribution in [0.2, 0.25) is 0 Å². The number of benzene rings is 2. The van der Waals surface area contributed by atoms with Crippen LogP contribution in [0.15, 0.2) is 53.6 Å². The summed E-state index contributed by atoms with van der Waals surface area (Å²) in [7, 11) is 0. The van der Waals surface area contributed by atoms with Crippen LogP contribution >= 0.6 is 0 Å². The van der Waals surface area contributed by atoms with Gasteiger partial charge < -0.3 is 5.11 Å². The molecule has 0 aliphatic rings. The molecule has 7 nitrogen and oxygen atoms in total. The molecule has 2 N–H and O–H groups in total. The number of nitro benzene ring substituents is 1. The van der Waals surface area contributed by atoms with E-state index in [-0.39, 0.29) is 11.3 Å². The van der Waals surface area contributed by atoms with Gasteiger partial charge in [0, 0.05) is 17.7 Å². The Bertz CT molecular complexity index is 713.